The molecule has 3 heteroatoms. The van der Waals surface area contributed by atoms with Gasteiger partial charge in [0.15, 0.2) is 0 Å². The molecule has 0 amide bonds. The van der Waals surface area contributed by atoms with E-state index in [0.29, 0.717) is 23.3 Å². The zero-order valence-electron chi connectivity index (χ0n) is 6.81. The number of halogens is 2. The first-order valence-corrected chi connectivity index (χ1v) is 4.67. The Hall–Kier alpha value is -0.400. The molecule has 0 aromatic heterocycles. The third-order valence-corrected chi connectivity index (χ3v) is 2.20. The number of ether oxygens (including phenoxy) is 1. The summed E-state index contributed by atoms with van der Waals surface area (Å²) in [5, 5.41) is 0.620. The van der Waals surface area contributed by atoms with E-state index in [-0.39, 0.29) is 0 Å². The van der Waals surface area contributed by atoms with E-state index in [2.05, 4.69) is 0 Å². The highest BCUT2D eigenvalue weighted by Crippen LogP contribution is 2.28. The van der Waals surface area contributed by atoms with Gasteiger partial charge in [0.25, 0.3) is 0 Å². The number of hydrogen-bond acceptors (Lipinski definition) is 1. The van der Waals surface area contributed by atoms with Crippen LogP contribution in [-0.4, -0.2) is 6.61 Å². The van der Waals surface area contributed by atoms with Crippen molar-refractivity contribution in [2.45, 2.75) is 12.8 Å². The Bertz CT molecular complexity index is 261. The fraction of sp³-hybridized carbons (Fsp3) is 0.333. The molecule has 0 spiro atoms. The molecular weight excluding hydrogens is 195 g/mol. The molecule has 12 heavy (non-hydrogen) atoms. The predicted octanol–water partition coefficient (Wildman–Crippen LogP) is 3.48. The van der Waals surface area contributed by atoms with Gasteiger partial charge < -0.3 is 4.74 Å². The van der Waals surface area contributed by atoms with Crippen LogP contribution in [0.25, 0.3) is 0 Å². The lowest BCUT2D eigenvalue weighted by Gasteiger charge is -2.07. The van der Waals surface area contributed by atoms with E-state index in [4.69, 9.17) is 27.9 Å². The van der Waals surface area contributed by atoms with Gasteiger partial charge in [-0.15, -0.1) is 11.6 Å². The molecule has 1 aromatic rings. The van der Waals surface area contributed by atoms with Crippen LogP contribution in [0.3, 0.4) is 0 Å². The second-order valence-electron chi connectivity index (χ2n) is 2.30. The van der Waals surface area contributed by atoms with Crippen LogP contribution in [0.1, 0.15) is 12.5 Å². The van der Waals surface area contributed by atoms with Crippen molar-refractivity contribution in [1.29, 1.82) is 0 Å². The molecule has 0 aliphatic heterocycles. The summed E-state index contributed by atoms with van der Waals surface area (Å²) in [4.78, 5) is 0. The van der Waals surface area contributed by atoms with Crippen LogP contribution in [0, 0.1) is 0 Å². The first-order valence-electron chi connectivity index (χ1n) is 3.75. The molecule has 0 saturated heterocycles. The Labute approximate surface area is 82.2 Å². The van der Waals surface area contributed by atoms with E-state index >= 15 is 0 Å². The van der Waals surface area contributed by atoms with Crippen LogP contribution in [0.2, 0.25) is 5.02 Å². The van der Waals surface area contributed by atoms with Crippen LogP contribution in [0.15, 0.2) is 18.2 Å². The van der Waals surface area contributed by atoms with Crippen molar-refractivity contribution >= 4 is 23.2 Å². The summed E-state index contributed by atoms with van der Waals surface area (Å²) < 4.78 is 5.29. The Morgan fingerprint density at radius 1 is 1.42 bits per heavy atom. The van der Waals surface area contributed by atoms with Crippen molar-refractivity contribution in [2.75, 3.05) is 6.61 Å². The molecule has 0 radical (unpaired) electrons. The molecule has 0 N–H and O–H groups in total. The highest BCUT2D eigenvalue weighted by Gasteiger charge is 2.04. The Balaban J connectivity index is 2.97. The monoisotopic (exact) mass is 204 g/mol. The summed E-state index contributed by atoms with van der Waals surface area (Å²) in [6.07, 6.45) is 0. The minimum atomic E-state index is 0.416. The van der Waals surface area contributed by atoms with Crippen molar-refractivity contribution in [1.82, 2.24) is 0 Å². The van der Waals surface area contributed by atoms with E-state index < -0.39 is 0 Å². The maximum Gasteiger partial charge on any atom is 0.138 e. The summed E-state index contributed by atoms with van der Waals surface area (Å²) in [6, 6.07) is 5.61. The van der Waals surface area contributed by atoms with E-state index in [9.17, 15) is 0 Å². The normalized spacial score (nSPS) is 9.92. The van der Waals surface area contributed by atoms with Crippen molar-refractivity contribution < 1.29 is 4.74 Å². The van der Waals surface area contributed by atoms with Gasteiger partial charge in [-0.05, 0) is 18.6 Å². The Kier molecular flexibility index (Phi) is 3.70. The third-order valence-electron chi connectivity index (χ3n) is 1.49. The molecule has 1 aromatic carbocycles. The van der Waals surface area contributed by atoms with Crippen LogP contribution >= 0.6 is 23.2 Å². The SMILES string of the molecule is CCOc1cccc(CCl)c1Cl. The summed E-state index contributed by atoms with van der Waals surface area (Å²) in [6.45, 7) is 2.54. The predicted molar refractivity (Wildman–Crippen MR) is 52.2 cm³/mol. The minimum absolute atomic E-state index is 0.416. The van der Waals surface area contributed by atoms with Crippen LogP contribution in [-0.2, 0) is 5.88 Å². The third kappa shape index (κ3) is 2.05. The first kappa shape index (κ1) is 9.69. The maximum atomic E-state index is 5.98. The molecule has 0 unspecified atom stereocenters. The van der Waals surface area contributed by atoms with Crippen LogP contribution < -0.4 is 4.74 Å². The molecule has 0 heterocycles. The average molecular weight is 205 g/mol. The second-order valence-corrected chi connectivity index (χ2v) is 2.94. The summed E-state index contributed by atoms with van der Waals surface area (Å²) in [5.74, 6) is 1.12. The molecule has 0 aliphatic carbocycles. The largest absolute Gasteiger partial charge is 0.492 e. The zero-order chi connectivity index (χ0) is 8.97. The number of rotatable bonds is 3. The van der Waals surface area contributed by atoms with Crippen molar-refractivity contribution in [3.63, 3.8) is 0 Å². The molecule has 0 aliphatic rings. The summed E-state index contributed by atoms with van der Waals surface area (Å²) >= 11 is 11.6. The number of alkyl halides is 1. The fourth-order valence-corrected chi connectivity index (χ4v) is 1.46. The smallest absolute Gasteiger partial charge is 0.138 e. The van der Waals surface area contributed by atoms with Crippen molar-refractivity contribution in [3.8, 4) is 5.75 Å². The van der Waals surface area contributed by atoms with E-state index in [1.54, 1.807) is 0 Å². The molecule has 0 fully saturated rings. The van der Waals surface area contributed by atoms with Crippen molar-refractivity contribution in [2.24, 2.45) is 0 Å². The van der Waals surface area contributed by atoms with Crippen LogP contribution in [0.4, 0.5) is 0 Å². The molecular formula is C9H10Cl2O. The molecule has 1 nitrogen and oxygen atoms in total. The van der Waals surface area contributed by atoms with Gasteiger partial charge in [0.05, 0.1) is 11.6 Å². The van der Waals surface area contributed by atoms with Gasteiger partial charge in [-0.1, -0.05) is 23.7 Å². The van der Waals surface area contributed by atoms with E-state index in [1.807, 2.05) is 25.1 Å². The van der Waals surface area contributed by atoms with E-state index in [1.165, 1.54) is 0 Å². The topological polar surface area (TPSA) is 9.23 Å². The quantitative estimate of drug-likeness (QED) is 0.686. The molecule has 1 rings (SSSR count). The fourth-order valence-electron chi connectivity index (χ4n) is 0.926. The lowest BCUT2D eigenvalue weighted by Crippen LogP contribution is -1.93. The zero-order valence-corrected chi connectivity index (χ0v) is 8.32. The van der Waals surface area contributed by atoms with Gasteiger partial charge in [0, 0.05) is 5.88 Å². The first-order chi connectivity index (χ1) is 5.79. The summed E-state index contributed by atoms with van der Waals surface area (Å²) in [5.41, 5.74) is 0.907. The standard InChI is InChI=1S/C9H10Cl2O/c1-2-12-8-5-3-4-7(6-10)9(8)11/h3-5H,2,6H2,1H3. The van der Waals surface area contributed by atoms with Crippen molar-refractivity contribution in [3.05, 3.63) is 28.8 Å². The maximum absolute atomic E-state index is 5.98. The summed E-state index contributed by atoms with van der Waals surface area (Å²) in [7, 11) is 0. The molecule has 66 valence electrons. The lowest BCUT2D eigenvalue weighted by molar-refractivity contribution is 0.340. The average Bonchev–Trinajstić information content (AvgIpc) is 2.09. The Morgan fingerprint density at radius 2 is 2.17 bits per heavy atom. The van der Waals surface area contributed by atoms with Gasteiger partial charge >= 0.3 is 0 Å². The Morgan fingerprint density at radius 3 is 2.75 bits per heavy atom. The lowest BCUT2D eigenvalue weighted by atomic mass is 10.2. The number of benzene rings is 1. The van der Waals surface area contributed by atoms with Gasteiger partial charge in [-0.25, -0.2) is 0 Å². The van der Waals surface area contributed by atoms with Gasteiger partial charge in [0.2, 0.25) is 0 Å². The molecule has 0 saturated carbocycles. The molecule has 0 bridgehead atoms. The van der Waals surface area contributed by atoms with Gasteiger partial charge in [-0.2, -0.15) is 0 Å². The van der Waals surface area contributed by atoms with Gasteiger partial charge in [-0.3, -0.25) is 0 Å². The minimum Gasteiger partial charge on any atom is -0.492 e. The molecule has 0 atom stereocenters. The highest BCUT2D eigenvalue weighted by molar-refractivity contribution is 6.33. The van der Waals surface area contributed by atoms with E-state index in [0.717, 1.165) is 5.56 Å². The van der Waals surface area contributed by atoms with Gasteiger partial charge in [0.1, 0.15) is 5.75 Å². The van der Waals surface area contributed by atoms with Crippen LogP contribution in [0.5, 0.6) is 5.75 Å². The highest BCUT2D eigenvalue weighted by atomic mass is 35.5. The second kappa shape index (κ2) is 4.58. The number of hydrogen-bond donors (Lipinski definition) is 0.